The lowest BCUT2D eigenvalue weighted by molar-refractivity contribution is -0.123. The highest BCUT2D eigenvalue weighted by Gasteiger charge is 2.22. The second kappa shape index (κ2) is 11.2. The van der Waals surface area contributed by atoms with E-state index >= 15 is 0 Å². The van der Waals surface area contributed by atoms with Crippen LogP contribution in [0.5, 0.6) is 5.75 Å². The van der Waals surface area contributed by atoms with E-state index in [0.29, 0.717) is 18.1 Å². The summed E-state index contributed by atoms with van der Waals surface area (Å²) >= 11 is 0. The zero-order chi connectivity index (χ0) is 27.4. The standard InChI is InChI=1S/C30H35N7O2/c1-30(2,3)19-31-27(38)18-39-24-7-5-6-21(14-24)28-35-26-12-13-37(4)17-25(26)29(36-28)34-23-10-8-20(9-11-23)22-15-32-33-16-22/h5-11,14-16H,12-13,17-19H2,1-4H3,(H,31,38)(H,32,33)(H,34,35,36). The average molecular weight is 526 g/mol. The van der Waals surface area contributed by atoms with Gasteiger partial charge in [0, 0.05) is 54.6 Å². The molecule has 9 nitrogen and oxygen atoms in total. The number of carbonyl (C=O) groups is 1. The zero-order valence-corrected chi connectivity index (χ0v) is 22.9. The fourth-order valence-corrected chi connectivity index (χ4v) is 4.36. The molecule has 3 N–H and O–H groups in total. The van der Waals surface area contributed by atoms with E-state index in [-0.39, 0.29) is 17.9 Å². The lowest BCUT2D eigenvalue weighted by Gasteiger charge is -2.26. The molecule has 0 saturated heterocycles. The summed E-state index contributed by atoms with van der Waals surface area (Å²) in [5.41, 5.74) is 6.07. The maximum absolute atomic E-state index is 12.2. The minimum atomic E-state index is -0.144. The van der Waals surface area contributed by atoms with Crippen LogP contribution in [0.2, 0.25) is 0 Å². The molecule has 1 aliphatic rings. The molecule has 9 heteroatoms. The van der Waals surface area contributed by atoms with Crippen molar-refractivity contribution in [2.75, 3.05) is 32.1 Å². The largest absolute Gasteiger partial charge is 0.484 e. The highest BCUT2D eigenvalue weighted by atomic mass is 16.5. The van der Waals surface area contributed by atoms with Crippen molar-refractivity contribution in [3.8, 4) is 28.3 Å². The Morgan fingerprint density at radius 3 is 2.64 bits per heavy atom. The summed E-state index contributed by atoms with van der Waals surface area (Å²) in [6, 6.07) is 15.8. The predicted octanol–water partition coefficient (Wildman–Crippen LogP) is 4.81. The van der Waals surface area contributed by atoms with Gasteiger partial charge in [-0.1, -0.05) is 45.0 Å². The van der Waals surface area contributed by atoms with Crippen molar-refractivity contribution >= 4 is 17.4 Å². The smallest absolute Gasteiger partial charge is 0.257 e. The van der Waals surface area contributed by atoms with E-state index in [4.69, 9.17) is 14.7 Å². The molecule has 0 radical (unpaired) electrons. The van der Waals surface area contributed by atoms with Gasteiger partial charge in [0.1, 0.15) is 11.6 Å². The number of carbonyl (C=O) groups excluding carboxylic acids is 1. The summed E-state index contributed by atoms with van der Waals surface area (Å²) in [4.78, 5) is 24.4. The molecule has 1 amide bonds. The van der Waals surface area contributed by atoms with Gasteiger partial charge in [-0.15, -0.1) is 0 Å². The van der Waals surface area contributed by atoms with Crippen molar-refractivity contribution < 1.29 is 9.53 Å². The highest BCUT2D eigenvalue weighted by molar-refractivity contribution is 5.77. The topological polar surface area (TPSA) is 108 Å². The molecule has 3 heterocycles. The third kappa shape index (κ3) is 6.80. The molecular weight excluding hydrogens is 490 g/mol. The second-order valence-corrected chi connectivity index (χ2v) is 11.2. The maximum Gasteiger partial charge on any atom is 0.257 e. The number of amides is 1. The fraction of sp³-hybridized carbons (Fsp3) is 0.333. The summed E-state index contributed by atoms with van der Waals surface area (Å²) in [5.74, 6) is 1.88. The van der Waals surface area contributed by atoms with Gasteiger partial charge in [-0.05, 0) is 42.3 Å². The van der Waals surface area contributed by atoms with Crippen LogP contribution in [0.1, 0.15) is 32.0 Å². The van der Waals surface area contributed by atoms with Gasteiger partial charge in [-0.2, -0.15) is 5.10 Å². The summed E-state index contributed by atoms with van der Waals surface area (Å²) < 4.78 is 5.79. The van der Waals surface area contributed by atoms with Crippen molar-refractivity contribution in [2.24, 2.45) is 5.41 Å². The molecule has 202 valence electrons. The molecule has 0 bridgehead atoms. The molecule has 4 aromatic rings. The number of hydrogen-bond acceptors (Lipinski definition) is 7. The quantitative estimate of drug-likeness (QED) is 0.303. The van der Waals surface area contributed by atoms with Crippen LogP contribution in [0.15, 0.2) is 60.9 Å². The van der Waals surface area contributed by atoms with E-state index in [0.717, 1.165) is 59.0 Å². The molecule has 0 spiro atoms. The molecule has 2 aromatic heterocycles. The first-order valence-electron chi connectivity index (χ1n) is 13.2. The average Bonchev–Trinajstić information content (AvgIpc) is 3.46. The lowest BCUT2D eigenvalue weighted by Crippen LogP contribution is -2.35. The summed E-state index contributed by atoms with van der Waals surface area (Å²) in [6.45, 7) is 8.50. The van der Waals surface area contributed by atoms with Crippen molar-refractivity contribution in [3.63, 3.8) is 0 Å². The Morgan fingerprint density at radius 1 is 1.08 bits per heavy atom. The molecule has 0 atom stereocenters. The molecule has 1 aliphatic heterocycles. The predicted molar refractivity (Wildman–Crippen MR) is 153 cm³/mol. The molecule has 0 unspecified atom stereocenters. The lowest BCUT2D eigenvalue weighted by atomic mass is 9.97. The Labute approximate surface area is 229 Å². The van der Waals surface area contributed by atoms with Crippen LogP contribution in [0, 0.1) is 5.41 Å². The Balaban J connectivity index is 1.37. The first-order chi connectivity index (χ1) is 18.7. The Bertz CT molecular complexity index is 1430. The number of nitrogens with zero attached hydrogens (tertiary/aromatic N) is 4. The minimum absolute atomic E-state index is 0.0157. The number of anilines is 2. The molecule has 0 aliphatic carbocycles. The van der Waals surface area contributed by atoms with Gasteiger partial charge in [0.15, 0.2) is 12.4 Å². The van der Waals surface area contributed by atoms with Crippen LogP contribution in [0.25, 0.3) is 22.5 Å². The van der Waals surface area contributed by atoms with Crippen molar-refractivity contribution in [1.82, 2.24) is 30.4 Å². The third-order valence-corrected chi connectivity index (χ3v) is 6.51. The Kier molecular flexibility index (Phi) is 7.60. The first kappa shape index (κ1) is 26.4. The van der Waals surface area contributed by atoms with Crippen LogP contribution in [0.4, 0.5) is 11.5 Å². The molecular formula is C30H35N7O2. The highest BCUT2D eigenvalue weighted by Crippen LogP contribution is 2.31. The third-order valence-electron chi connectivity index (χ3n) is 6.51. The molecule has 2 aromatic carbocycles. The Hall–Kier alpha value is -4.24. The van der Waals surface area contributed by atoms with Gasteiger partial charge in [0.25, 0.3) is 5.91 Å². The first-order valence-corrected chi connectivity index (χ1v) is 13.2. The molecule has 0 fully saturated rings. The van der Waals surface area contributed by atoms with Gasteiger partial charge in [-0.25, -0.2) is 9.97 Å². The normalized spacial score (nSPS) is 13.5. The van der Waals surface area contributed by atoms with E-state index in [2.05, 4.69) is 65.7 Å². The van der Waals surface area contributed by atoms with Gasteiger partial charge < -0.3 is 20.3 Å². The number of fused-ring (bicyclic) bond motifs is 1. The maximum atomic E-state index is 12.2. The van der Waals surface area contributed by atoms with Gasteiger partial charge in [-0.3, -0.25) is 9.89 Å². The second-order valence-electron chi connectivity index (χ2n) is 11.2. The number of H-pyrrole nitrogens is 1. The van der Waals surface area contributed by atoms with Crippen LogP contribution in [-0.2, 0) is 17.8 Å². The van der Waals surface area contributed by atoms with Crippen LogP contribution in [-0.4, -0.2) is 57.7 Å². The number of benzene rings is 2. The van der Waals surface area contributed by atoms with E-state index in [1.165, 1.54) is 0 Å². The van der Waals surface area contributed by atoms with Gasteiger partial charge >= 0.3 is 0 Å². The van der Waals surface area contributed by atoms with E-state index in [1.807, 2.05) is 48.8 Å². The van der Waals surface area contributed by atoms with E-state index < -0.39 is 0 Å². The van der Waals surface area contributed by atoms with Gasteiger partial charge in [0.2, 0.25) is 0 Å². The Morgan fingerprint density at radius 2 is 1.90 bits per heavy atom. The molecule has 0 saturated carbocycles. The monoisotopic (exact) mass is 525 g/mol. The number of likely N-dealkylation sites (N-methyl/N-ethyl adjacent to an activating group) is 1. The summed E-state index contributed by atoms with van der Waals surface area (Å²) in [5, 5.41) is 13.3. The molecule has 39 heavy (non-hydrogen) atoms. The van der Waals surface area contributed by atoms with Crippen LogP contribution >= 0.6 is 0 Å². The van der Waals surface area contributed by atoms with Crippen LogP contribution in [0.3, 0.4) is 0 Å². The number of ether oxygens (including phenoxy) is 1. The number of aromatic nitrogens is 4. The summed E-state index contributed by atoms with van der Waals surface area (Å²) in [7, 11) is 2.11. The number of nitrogens with one attached hydrogen (secondary N) is 3. The number of hydrogen-bond donors (Lipinski definition) is 3. The zero-order valence-electron chi connectivity index (χ0n) is 22.9. The fourth-order valence-electron chi connectivity index (χ4n) is 4.36. The number of aromatic amines is 1. The van der Waals surface area contributed by atoms with Crippen molar-refractivity contribution in [1.29, 1.82) is 0 Å². The van der Waals surface area contributed by atoms with E-state index in [1.54, 1.807) is 0 Å². The molecule has 5 rings (SSSR count). The van der Waals surface area contributed by atoms with Crippen molar-refractivity contribution in [3.05, 3.63) is 72.2 Å². The SMILES string of the molecule is CN1CCc2nc(-c3cccc(OCC(=O)NCC(C)(C)C)c3)nc(Nc3ccc(-c4cn[nH]c4)cc3)c2C1. The number of rotatable bonds is 8. The van der Waals surface area contributed by atoms with Gasteiger partial charge in [0.05, 0.1) is 11.9 Å². The van der Waals surface area contributed by atoms with Crippen molar-refractivity contribution in [2.45, 2.75) is 33.7 Å². The minimum Gasteiger partial charge on any atom is -0.484 e. The van der Waals surface area contributed by atoms with E-state index in [9.17, 15) is 4.79 Å². The summed E-state index contributed by atoms with van der Waals surface area (Å²) in [6.07, 6.45) is 4.53. The van der Waals surface area contributed by atoms with Crippen LogP contribution < -0.4 is 15.4 Å².